The van der Waals surface area contributed by atoms with Crippen molar-refractivity contribution in [2.24, 2.45) is 4.99 Å². The lowest BCUT2D eigenvalue weighted by atomic mass is 10.1. The van der Waals surface area contributed by atoms with Crippen LogP contribution in [-0.4, -0.2) is 49.3 Å². The number of thioether (sulfide) groups is 1. The fraction of sp³-hybridized carbons (Fsp3) is 0.192. The SMILES string of the molecule is CN1C(=O)C(=Cc2ccc(-c3ccc(C#N)cc3)o2)SC1=Nc1ccc(N2CCOCC2)cc1. The van der Waals surface area contributed by atoms with Crippen LogP contribution in [0.1, 0.15) is 11.3 Å². The van der Waals surface area contributed by atoms with Crippen molar-refractivity contribution in [1.82, 2.24) is 4.90 Å². The zero-order valence-corrected chi connectivity index (χ0v) is 19.4. The number of likely N-dealkylation sites (N-methyl/N-ethyl adjacent to an activating group) is 1. The normalized spacial score (nSPS) is 18.6. The van der Waals surface area contributed by atoms with Crippen LogP contribution in [0.4, 0.5) is 11.4 Å². The van der Waals surface area contributed by atoms with Crippen LogP contribution in [0.2, 0.25) is 0 Å². The molecule has 0 atom stereocenters. The quantitative estimate of drug-likeness (QED) is 0.505. The number of carbonyl (C=O) groups excluding carboxylic acids is 1. The molecule has 0 N–H and O–H groups in total. The van der Waals surface area contributed by atoms with Gasteiger partial charge in [-0.3, -0.25) is 9.69 Å². The third-order valence-electron chi connectivity index (χ3n) is 5.65. The van der Waals surface area contributed by atoms with Crippen molar-refractivity contribution in [3.8, 4) is 17.4 Å². The number of amides is 1. The van der Waals surface area contributed by atoms with Crippen LogP contribution < -0.4 is 4.90 Å². The first-order chi connectivity index (χ1) is 16.6. The Morgan fingerprint density at radius 1 is 1.03 bits per heavy atom. The Bertz CT molecular complexity index is 1300. The Morgan fingerprint density at radius 2 is 1.76 bits per heavy atom. The molecule has 8 heteroatoms. The van der Waals surface area contributed by atoms with E-state index in [0.717, 1.165) is 43.2 Å². The number of nitriles is 1. The van der Waals surface area contributed by atoms with Gasteiger partial charge in [-0.1, -0.05) is 0 Å². The molecule has 0 saturated carbocycles. The molecule has 2 aromatic carbocycles. The van der Waals surface area contributed by atoms with Crippen LogP contribution >= 0.6 is 11.8 Å². The summed E-state index contributed by atoms with van der Waals surface area (Å²) in [6, 6.07) is 21.0. The van der Waals surface area contributed by atoms with E-state index in [2.05, 4.69) is 28.1 Å². The minimum atomic E-state index is -0.120. The summed E-state index contributed by atoms with van der Waals surface area (Å²) in [7, 11) is 1.72. The van der Waals surface area contributed by atoms with Crippen LogP contribution in [0.5, 0.6) is 0 Å². The number of benzene rings is 2. The standard InChI is InChI=1S/C26H22N4O3S/c1-29-25(31)24(16-22-10-11-23(33-22)19-4-2-18(17-27)3-5-19)34-26(29)28-20-6-8-21(9-7-20)30-12-14-32-15-13-30/h2-11,16H,12-15H2,1H3. The van der Waals surface area contributed by atoms with E-state index >= 15 is 0 Å². The second-order valence-corrected chi connectivity index (χ2v) is 8.89. The molecule has 7 nitrogen and oxygen atoms in total. The summed E-state index contributed by atoms with van der Waals surface area (Å²) in [4.78, 5) is 21.9. The number of furan rings is 1. The molecule has 0 aliphatic carbocycles. The maximum absolute atomic E-state index is 12.8. The molecule has 1 amide bonds. The largest absolute Gasteiger partial charge is 0.457 e. The first kappa shape index (κ1) is 22.0. The van der Waals surface area contributed by atoms with Crippen LogP contribution in [0, 0.1) is 11.3 Å². The number of hydrogen-bond acceptors (Lipinski definition) is 7. The minimum Gasteiger partial charge on any atom is -0.457 e. The highest BCUT2D eigenvalue weighted by Gasteiger charge is 2.30. The highest BCUT2D eigenvalue weighted by Crippen LogP contribution is 2.34. The molecular formula is C26H22N4O3S. The number of ether oxygens (including phenoxy) is 1. The fourth-order valence-corrected chi connectivity index (χ4v) is 4.71. The van der Waals surface area contributed by atoms with Gasteiger partial charge in [-0.25, -0.2) is 4.99 Å². The highest BCUT2D eigenvalue weighted by atomic mass is 32.2. The monoisotopic (exact) mass is 470 g/mol. The molecule has 0 unspecified atom stereocenters. The van der Waals surface area contributed by atoms with Gasteiger partial charge in [-0.15, -0.1) is 0 Å². The first-order valence-electron chi connectivity index (χ1n) is 10.9. The van der Waals surface area contributed by atoms with E-state index in [-0.39, 0.29) is 5.91 Å². The van der Waals surface area contributed by atoms with Gasteiger partial charge >= 0.3 is 0 Å². The maximum atomic E-state index is 12.8. The van der Waals surface area contributed by atoms with Crippen LogP contribution in [0.25, 0.3) is 17.4 Å². The van der Waals surface area contributed by atoms with Gasteiger partial charge in [0.2, 0.25) is 0 Å². The molecule has 170 valence electrons. The summed E-state index contributed by atoms with van der Waals surface area (Å²) >= 11 is 1.32. The number of hydrogen-bond donors (Lipinski definition) is 0. The number of aliphatic imine (C=N–C) groups is 1. The molecule has 0 radical (unpaired) electrons. The number of morpholine rings is 1. The Labute approximate surface area is 201 Å². The van der Waals surface area contributed by atoms with Crippen molar-refractivity contribution in [2.45, 2.75) is 0 Å². The Hall–Kier alpha value is -3.80. The first-order valence-corrected chi connectivity index (χ1v) is 11.7. The lowest BCUT2D eigenvalue weighted by Crippen LogP contribution is -2.36. The van der Waals surface area contributed by atoms with Crippen molar-refractivity contribution in [3.05, 3.63) is 76.9 Å². The van der Waals surface area contributed by atoms with E-state index in [1.807, 2.05) is 36.4 Å². The number of rotatable bonds is 4. The van der Waals surface area contributed by atoms with Gasteiger partial charge in [0.1, 0.15) is 11.5 Å². The Balaban J connectivity index is 1.31. The van der Waals surface area contributed by atoms with Gasteiger partial charge in [0.25, 0.3) is 5.91 Å². The third-order valence-corrected chi connectivity index (χ3v) is 6.71. The number of anilines is 1. The van der Waals surface area contributed by atoms with Crippen molar-refractivity contribution < 1.29 is 13.9 Å². The van der Waals surface area contributed by atoms with E-state index < -0.39 is 0 Å². The van der Waals surface area contributed by atoms with Crippen molar-refractivity contribution in [3.63, 3.8) is 0 Å². The topological polar surface area (TPSA) is 82.1 Å². The molecule has 3 aromatic rings. The van der Waals surface area contributed by atoms with E-state index in [9.17, 15) is 4.79 Å². The predicted molar refractivity (Wildman–Crippen MR) is 134 cm³/mol. The average Bonchev–Trinajstić information content (AvgIpc) is 3.46. The molecular weight excluding hydrogens is 448 g/mol. The second kappa shape index (κ2) is 9.59. The van der Waals surface area contributed by atoms with Gasteiger partial charge in [0.15, 0.2) is 5.17 Å². The average molecular weight is 471 g/mol. The summed E-state index contributed by atoms with van der Waals surface area (Å²) in [5, 5.41) is 9.57. The van der Waals surface area contributed by atoms with Gasteiger partial charge in [0, 0.05) is 37.5 Å². The zero-order chi connectivity index (χ0) is 23.5. The fourth-order valence-electron chi connectivity index (χ4n) is 3.75. The van der Waals surface area contributed by atoms with Gasteiger partial charge in [0.05, 0.1) is 35.4 Å². The van der Waals surface area contributed by atoms with Gasteiger partial charge in [-0.2, -0.15) is 5.26 Å². The molecule has 2 aliphatic heterocycles. The second-order valence-electron chi connectivity index (χ2n) is 7.88. The minimum absolute atomic E-state index is 0.120. The zero-order valence-electron chi connectivity index (χ0n) is 18.6. The van der Waals surface area contributed by atoms with Crippen molar-refractivity contribution in [1.29, 1.82) is 5.26 Å². The molecule has 0 bridgehead atoms. The predicted octanol–water partition coefficient (Wildman–Crippen LogP) is 4.89. The van der Waals surface area contributed by atoms with Crippen LogP contribution in [0.15, 0.2) is 75.0 Å². The van der Waals surface area contributed by atoms with E-state index in [0.29, 0.717) is 27.2 Å². The highest BCUT2D eigenvalue weighted by molar-refractivity contribution is 8.18. The summed E-state index contributed by atoms with van der Waals surface area (Å²) in [5.74, 6) is 1.14. The van der Waals surface area contributed by atoms with Gasteiger partial charge < -0.3 is 14.1 Å². The maximum Gasteiger partial charge on any atom is 0.266 e. The molecule has 3 heterocycles. The Kier molecular flexibility index (Phi) is 6.21. The van der Waals surface area contributed by atoms with E-state index in [1.54, 1.807) is 30.2 Å². The van der Waals surface area contributed by atoms with E-state index in [1.165, 1.54) is 11.8 Å². The van der Waals surface area contributed by atoms with Crippen LogP contribution in [-0.2, 0) is 9.53 Å². The lowest BCUT2D eigenvalue weighted by molar-refractivity contribution is -0.121. The number of carbonyl (C=O) groups is 1. The molecule has 2 aliphatic rings. The molecule has 0 spiro atoms. The van der Waals surface area contributed by atoms with E-state index in [4.69, 9.17) is 14.4 Å². The number of nitrogens with zero attached hydrogens (tertiary/aromatic N) is 4. The molecule has 1 aromatic heterocycles. The summed E-state index contributed by atoms with van der Waals surface area (Å²) in [5.41, 5.74) is 3.40. The molecule has 2 fully saturated rings. The summed E-state index contributed by atoms with van der Waals surface area (Å²) in [6.45, 7) is 3.25. The molecule has 5 rings (SSSR count). The molecule has 34 heavy (non-hydrogen) atoms. The number of amidine groups is 1. The lowest BCUT2D eigenvalue weighted by Gasteiger charge is -2.28. The van der Waals surface area contributed by atoms with Gasteiger partial charge in [-0.05, 0) is 72.4 Å². The summed E-state index contributed by atoms with van der Waals surface area (Å²) < 4.78 is 11.3. The third kappa shape index (κ3) is 4.62. The van der Waals surface area contributed by atoms with Crippen molar-refractivity contribution >= 4 is 40.3 Å². The van der Waals surface area contributed by atoms with Crippen LogP contribution in [0.3, 0.4) is 0 Å². The summed E-state index contributed by atoms with van der Waals surface area (Å²) in [6.07, 6.45) is 1.74. The van der Waals surface area contributed by atoms with Crippen molar-refractivity contribution in [2.75, 3.05) is 38.3 Å². The molecule has 2 saturated heterocycles. The smallest absolute Gasteiger partial charge is 0.266 e. The Morgan fingerprint density at radius 3 is 2.47 bits per heavy atom.